The molecule has 0 spiro atoms. The van der Waals surface area contributed by atoms with Crippen LogP contribution in [0.2, 0.25) is 0 Å². The van der Waals surface area contributed by atoms with E-state index < -0.39 is 11.9 Å². The predicted octanol–water partition coefficient (Wildman–Crippen LogP) is 19.8. The molecule has 11 heteroatoms. The summed E-state index contributed by atoms with van der Waals surface area (Å²) in [7, 11) is 0. The van der Waals surface area contributed by atoms with Crippen molar-refractivity contribution in [3.8, 4) is 73.2 Å². The zero-order valence-corrected chi connectivity index (χ0v) is 55.2. The normalized spacial score (nSPS) is 12.0. The van der Waals surface area contributed by atoms with Gasteiger partial charge in [0.1, 0.15) is 13.2 Å². The summed E-state index contributed by atoms with van der Waals surface area (Å²) in [5.41, 5.74) is 23.6. The number of rotatable bonds is 15. The number of nitrogens with zero attached hydrogens (tertiary/aromatic N) is 6. The minimum Gasteiger partial charge on any atom is -0.457 e. The molecule has 10 nitrogen and oxygen atoms in total. The van der Waals surface area contributed by atoms with Gasteiger partial charge in [0.05, 0.1) is 27.8 Å². The second-order valence-electron chi connectivity index (χ2n) is 25.6. The van der Waals surface area contributed by atoms with E-state index in [0.717, 1.165) is 106 Å². The van der Waals surface area contributed by atoms with Crippen molar-refractivity contribution in [2.45, 2.75) is 13.2 Å². The van der Waals surface area contributed by atoms with Gasteiger partial charge < -0.3 is 23.8 Å². The van der Waals surface area contributed by atoms with Crippen LogP contribution in [-0.2, 0) is 22.7 Å². The monoisotopic (exact) mass is 1310 g/mol. The fourth-order valence-corrected chi connectivity index (χ4v) is 14.8. The largest absolute Gasteiger partial charge is 0.457 e. The third-order valence-electron chi connectivity index (χ3n) is 19.5. The molecule has 0 N–H and O–H groups in total. The number of hydrogen-bond donors (Lipinski definition) is 0. The van der Waals surface area contributed by atoms with Crippen molar-refractivity contribution in [1.82, 2.24) is 19.5 Å². The molecule has 0 aliphatic carbocycles. The molecule has 482 valence electrons. The third kappa shape index (κ3) is 11.1. The van der Waals surface area contributed by atoms with Gasteiger partial charge in [-0.1, -0.05) is 243 Å². The van der Waals surface area contributed by atoms with Crippen molar-refractivity contribution < 1.29 is 19.1 Å². The number of fused-ring (bicyclic) bond motifs is 7. The van der Waals surface area contributed by atoms with E-state index in [1.54, 1.807) is 0 Å². The van der Waals surface area contributed by atoms with E-state index in [2.05, 4.69) is 202 Å². The van der Waals surface area contributed by atoms with Crippen molar-refractivity contribution in [3.05, 3.63) is 368 Å². The van der Waals surface area contributed by atoms with Gasteiger partial charge in [-0.25, -0.2) is 24.5 Å². The Labute approximate surface area is 590 Å². The molecule has 0 fully saturated rings. The van der Waals surface area contributed by atoms with Crippen molar-refractivity contribution in [2.75, 3.05) is 9.80 Å². The van der Waals surface area contributed by atoms with Crippen LogP contribution >= 0.6 is 0 Å². The number of benzene rings is 14. The highest BCUT2D eigenvalue weighted by molar-refractivity contribution is 7.00. The van der Waals surface area contributed by atoms with Crippen LogP contribution in [0.25, 0.3) is 95.0 Å². The van der Waals surface area contributed by atoms with Gasteiger partial charge in [-0.05, 0) is 158 Å². The van der Waals surface area contributed by atoms with Gasteiger partial charge in [0, 0.05) is 67.2 Å². The molecular weight excluding hydrogens is 1250 g/mol. The van der Waals surface area contributed by atoms with E-state index in [0.29, 0.717) is 44.9 Å². The van der Waals surface area contributed by atoms with Crippen LogP contribution in [0, 0.1) is 0 Å². The number of esters is 2. The number of carbonyl (C=O) groups excluding carboxylic acids is 2. The van der Waals surface area contributed by atoms with Gasteiger partial charge >= 0.3 is 11.9 Å². The molecule has 2 aliphatic rings. The summed E-state index contributed by atoms with van der Waals surface area (Å²) in [5.74, 6) is 0.498. The maximum Gasteiger partial charge on any atom is 0.338 e. The zero-order valence-electron chi connectivity index (χ0n) is 55.2. The zero-order chi connectivity index (χ0) is 68.0. The number of ether oxygens (including phenoxy) is 2. The summed E-state index contributed by atoms with van der Waals surface area (Å²) >= 11 is 0. The summed E-state index contributed by atoms with van der Waals surface area (Å²) in [5, 5.41) is 1.43. The van der Waals surface area contributed by atoms with Crippen LogP contribution in [0.15, 0.2) is 346 Å². The first kappa shape index (κ1) is 60.9. The highest BCUT2D eigenvalue weighted by Gasteiger charge is 2.43. The van der Waals surface area contributed by atoms with Gasteiger partial charge in [0.25, 0.3) is 6.71 Å². The Morgan fingerprint density at radius 2 is 0.696 bits per heavy atom. The Balaban J connectivity index is 0.825. The number of anilines is 6. The predicted molar refractivity (Wildman–Crippen MR) is 412 cm³/mol. The molecule has 0 atom stereocenters. The van der Waals surface area contributed by atoms with E-state index in [-0.39, 0.29) is 19.9 Å². The van der Waals surface area contributed by atoms with Gasteiger partial charge in [-0.15, -0.1) is 0 Å². The molecule has 102 heavy (non-hydrogen) atoms. The second kappa shape index (κ2) is 26.1. The maximum atomic E-state index is 14.3. The molecule has 0 saturated heterocycles. The lowest BCUT2D eigenvalue weighted by atomic mass is 9.33. The average molecular weight is 1310 g/mol. The van der Waals surface area contributed by atoms with Gasteiger partial charge in [-0.3, -0.25) is 0 Å². The third-order valence-corrected chi connectivity index (χ3v) is 19.5. The first-order chi connectivity index (χ1) is 50.4. The molecule has 0 saturated carbocycles. The first-order valence-electron chi connectivity index (χ1n) is 34.2. The van der Waals surface area contributed by atoms with Crippen molar-refractivity contribution in [1.29, 1.82) is 0 Å². The lowest BCUT2D eigenvalue weighted by Crippen LogP contribution is -2.61. The molecule has 0 radical (unpaired) electrons. The highest BCUT2D eigenvalue weighted by Crippen LogP contribution is 2.48. The summed E-state index contributed by atoms with van der Waals surface area (Å²) in [4.78, 5) is 49.4. The molecule has 0 amide bonds. The minimum atomic E-state index is -0.483. The maximum absolute atomic E-state index is 14.3. The summed E-state index contributed by atoms with van der Waals surface area (Å²) in [6, 6.07) is 118. The number of carbonyl (C=O) groups is 2. The Kier molecular flexibility index (Phi) is 15.6. The highest BCUT2D eigenvalue weighted by atomic mass is 16.5. The van der Waals surface area contributed by atoms with Crippen LogP contribution in [0.3, 0.4) is 0 Å². The second-order valence-corrected chi connectivity index (χ2v) is 25.6. The molecule has 2 aliphatic heterocycles. The van der Waals surface area contributed by atoms with Crippen LogP contribution in [0.4, 0.5) is 34.1 Å². The molecule has 16 aromatic rings. The molecule has 2 aromatic heterocycles. The Morgan fingerprint density at radius 1 is 0.314 bits per heavy atom. The molecule has 0 bridgehead atoms. The first-order valence-corrected chi connectivity index (χ1v) is 34.2. The van der Waals surface area contributed by atoms with Crippen molar-refractivity contribution >= 4 is 91.0 Å². The quantitative estimate of drug-likeness (QED) is 0.0733. The topological polar surface area (TPSA) is 103 Å². The summed E-state index contributed by atoms with van der Waals surface area (Å²) < 4.78 is 14.2. The average Bonchev–Trinajstić information content (AvgIpc) is 0.743. The standard InChI is InChI=1S/C91H61BN6O4/c99-90(101-58-60-26-7-1-8-27-60)68-48-50-79-75(54-68)76-55-69(91(100)102-59-61-28-9-2-10-29-61)49-51-80(76)98(79)86-73(42-25-43-74(86)89-94-87(62-30-11-3-12-31-62)93-88(95-89)63-32-13-4-14-33-63)67-37-24-35-65(53-67)64-34-23-36-66(52-64)70-56-83-85-84(57-70)97(72-40-17-6-18-41-72)82-47-22-20-45-78(82)92(85)77-44-19-21-46-81(77)96(83)71-38-15-5-16-39-71/h1-57H,58-59H2. The van der Waals surface area contributed by atoms with Crippen molar-refractivity contribution in [3.63, 3.8) is 0 Å². The molecular formula is C91H61BN6O4. The Bertz CT molecular complexity index is 5620. The lowest BCUT2D eigenvalue weighted by Gasteiger charge is -2.44. The van der Waals surface area contributed by atoms with E-state index in [1.165, 1.54) is 16.4 Å². The lowest BCUT2D eigenvalue weighted by molar-refractivity contribution is 0.0464. The van der Waals surface area contributed by atoms with E-state index in [9.17, 15) is 9.59 Å². The van der Waals surface area contributed by atoms with Crippen molar-refractivity contribution in [2.24, 2.45) is 0 Å². The Hall–Kier alpha value is -13.5. The van der Waals surface area contributed by atoms with E-state index in [1.807, 2.05) is 158 Å². The summed E-state index contributed by atoms with van der Waals surface area (Å²) in [6.45, 7) is 0.177. The number of para-hydroxylation sites is 5. The SMILES string of the molecule is O=C(OCc1ccccc1)c1ccc2c(c1)c1cc(C(=O)OCc3ccccc3)ccc1n2-c1c(-c2cccc(-c3cccc(-c4cc5c6c(c4)N(c4ccccc4)c4ccccc4B6c4ccccc4N5c4ccccc4)c3)c2)cccc1-c1nc(-c2ccccc2)nc(-c2ccccc2)n1. The van der Waals surface area contributed by atoms with Crippen LogP contribution < -0.4 is 26.2 Å². The fraction of sp³-hybridized carbons (Fsp3) is 0.0220. The van der Waals surface area contributed by atoms with Crippen LogP contribution in [0.5, 0.6) is 0 Å². The smallest absolute Gasteiger partial charge is 0.338 e. The number of aromatic nitrogens is 4. The van der Waals surface area contributed by atoms with Gasteiger partial charge in [0.15, 0.2) is 17.5 Å². The molecule has 14 aromatic carbocycles. The van der Waals surface area contributed by atoms with Crippen LogP contribution in [-0.4, -0.2) is 38.2 Å². The summed E-state index contributed by atoms with van der Waals surface area (Å²) in [6.07, 6.45) is 0. The molecule has 18 rings (SSSR count). The molecule has 0 unspecified atom stereocenters. The molecule has 4 heterocycles. The number of hydrogen-bond acceptors (Lipinski definition) is 9. The van der Waals surface area contributed by atoms with Gasteiger partial charge in [0.2, 0.25) is 0 Å². The fourth-order valence-electron chi connectivity index (χ4n) is 14.8. The Morgan fingerprint density at radius 3 is 1.19 bits per heavy atom. The van der Waals surface area contributed by atoms with Gasteiger partial charge in [-0.2, -0.15) is 0 Å². The van der Waals surface area contributed by atoms with E-state index >= 15 is 0 Å². The van der Waals surface area contributed by atoms with Crippen LogP contribution in [0.1, 0.15) is 31.8 Å². The van der Waals surface area contributed by atoms with E-state index in [4.69, 9.17) is 24.4 Å². The minimum absolute atomic E-state index is 0.0174.